The average molecular weight is 303 g/mol. The van der Waals surface area contributed by atoms with Crippen LogP contribution in [0.4, 0.5) is 0 Å². The largest absolute Gasteiger partial charge is 0.271 e. The molecular formula is C15H30N2S2. The van der Waals surface area contributed by atoms with Crippen LogP contribution in [-0.4, -0.2) is 28.0 Å². The van der Waals surface area contributed by atoms with Crippen LogP contribution in [0.3, 0.4) is 0 Å². The summed E-state index contributed by atoms with van der Waals surface area (Å²) >= 11 is 4.34. The first-order valence-electron chi connectivity index (χ1n) is 7.99. The van der Waals surface area contributed by atoms with Crippen LogP contribution >= 0.6 is 23.5 Å². The summed E-state index contributed by atoms with van der Waals surface area (Å²) < 4.78 is 0. The Kier molecular flexibility index (Phi) is 6.87. The lowest BCUT2D eigenvalue weighted by molar-refractivity contribution is 0.204. The Labute approximate surface area is 127 Å². The van der Waals surface area contributed by atoms with Gasteiger partial charge in [0.25, 0.3) is 0 Å². The number of rotatable bonds is 5. The zero-order chi connectivity index (χ0) is 13.7. The van der Waals surface area contributed by atoms with Crippen LogP contribution in [0, 0.1) is 11.8 Å². The normalized spacial score (nSPS) is 38.1. The van der Waals surface area contributed by atoms with Crippen molar-refractivity contribution in [1.29, 1.82) is 0 Å². The van der Waals surface area contributed by atoms with E-state index in [-0.39, 0.29) is 0 Å². The average Bonchev–Trinajstić information content (AvgIpc) is 2.49. The van der Waals surface area contributed by atoms with Crippen molar-refractivity contribution in [1.82, 2.24) is 5.43 Å². The minimum absolute atomic E-state index is 0.525. The zero-order valence-electron chi connectivity index (χ0n) is 12.4. The summed E-state index contributed by atoms with van der Waals surface area (Å²) in [6, 6.07) is 0.525. The molecule has 2 nitrogen and oxygen atoms in total. The SMILES string of the molecule is CCC1CCCC(C(NN)C2SCCSC2CC)C1. The quantitative estimate of drug-likeness (QED) is 0.600. The molecule has 2 fully saturated rings. The molecule has 0 radical (unpaired) electrons. The van der Waals surface area contributed by atoms with E-state index in [1.165, 1.54) is 50.0 Å². The van der Waals surface area contributed by atoms with Crippen LogP contribution in [0.15, 0.2) is 0 Å². The second-order valence-corrected chi connectivity index (χ2v) is 8.68. The summed E-state index contributed by atoms with van der Waals surface area (Å²) in [6.45, 7) is 4.68. The van der Waals surface area contributed by atoms with Crippen LogP contribution in [0.5, 0.6) is 0 Å². The predicted molar refractivity (Wildman–Crippen MR) is 89.6 cm³/mol. The van der Waals surface area contributed by atoms with Gasteiger partial charge in [-0.2, -0.15) is 23.5 Å². The summed E-state index contributed by atoms with van der Waals surface area (Å²) in [6.07, 6.45) is 8.24. The van der Waals surface area contributed by atoms with Crippen molar-refractivity contribution < 1.29 is 0 Å². The molecule has 1 aliphatic heterocycles. The Morgan fingerprint density at radius 3 is 2.63 bits per heavy atom. The Morgan fingerprint density at radius 1 is 1.16 bits per heavy atom. The fourth-order valence-electron chi connectivity index (χ4n) is 3.80. The van der Waals surface area contributed by atoms with Gasteiger partial charge in [-0.3, -0.25) is 11.3 Å². The van der Waals surface area contributed by atoms with Gasteiger partial charge in [0.15, 0.2) is 0 Å². The summed E-state index contributed by atoms with van der Waals surface area (Å²) in [5.41, 5.74) is 3.22. The molecule has 1 aliphatic carbocycles. The number of thioether (sulfide) groups is 2. The van der Waals surface area contributed by atoms with Gasteiger partial charge in [-0.1, -0.05) is 33.1 Å². The van der Waals surface area contributed by atoms with E-state index >= 15 is 0 Å². The lowest BCUT2D eigenvalue weighted by atomic mass is 9.75. The third kappa shape index (κ3) is 4.05. The standard InChI is InChI=1S/C15H30N2S2/c1-3-11-6-5-7-12(10-11)14(17-16)15-13(4-2)18-8-9-19-15/h11-15,17H,3-10,16H2,1-2H3. The molecule has 5 atom stereocenters. The number of hydrogen-bond donors (Lipinski definition) is 2. The molecule has 0 aromatic heterocycles. The lowest BCUT2D eigenvalue weighted by Crippen LogP contribution is -2.53. The van der Waals surface area contributed by atoms with Crippen molar-refractivity contribution in [2.75, 3.05) is 11.5 Å². The van der Waals surface area contributed by atoms with Gasteiger partial charge in [-0.25, -0.2) is 0 Å². The first-order chi connectivity index (χ1) is 9.30. The van der Waals surface area contributed by atoms with Gasteiger partial charge >= 0.3 is 0 Å². The van der Waals surface area contributed by atoms with Gasteiger partial charge in [0.1, 0.15) is 0 Å². The smallest absolute Gasteiger partial charge is 0.0368 e. The summed E-state index contributed by atoms with van der Waals surface area (Å²) in [7, 11) is 0. The molecule has 112 valence electrons. The van der Waals surface area contributed by atoms with Crippen LogP contribution < -0.4 is 11.3 Å². The number of nitrogens with one attached hydrogen (secondary N) is 1. The maximum atomic E-state index is 5.97. The van der Waals surface area contributed by atoms with Crippen LogP contribution in [-0.2, 0) is 0 Å². The van der Waals surface area contributed by atoms with Gasteiger partial charge in [0.2, 0.25) is 0 Å². The van der Waals surface area contributed by atoms with Gasteiger partial charge in [-0.05, 0) is 31.1 Å². The second-order valence-electron chi connectivity index (χ2n) is 6.05. The first kappa shape index (κ1) is 16.0. The molecule has 3 N–H and O–H groups in total. The van der Waals surface area contributed by atoms with Crippen LogP contribution in [0.1, 0.15) is 52.4 Å². The number of nitrogens with two attached hydrogens (primary N) is 1. The van der Waals surface area contributed by atoms with Gasteiger partial charge in [-0.15, -0.1) is 0 Å². The number of hydrazine groups is 1. The fraction of sp³-hybridized carbons (Fsp3) is 1.00. The lowest BCUT2D eigenvalue weighted by Gasteiger charge is -2.42. The van der Waals surface area contributed by atoms with E-state index in [4.69, 9.17) is 5.84 Å². The third-order valence-corrected chi connectivity index (χ3v) is 8.32. The Bertz CT molecular complexity index is 263. The molecule has 0 aromatic rings. The van der Waals surface area contributed by atoms with Crippen molar-refractivity contribution in [3.63, 3.8) is 0 Å². The van der Waals surface area contributed by atoms with Crippen molar-refractivity contribution in [3.05, 3.63) is 0 Å². The topological polar surface area (TPSA) is 38.0 Å². The highest BCUT2D eigenvalue weighted by molar-refractivity contribution is 8.07. The molecule has 1 heterocycles. The third-order valence-electron chi connectivity index (χ3n) is 4.95. The highest BCUT2D eigenvalue weighted by atomic mass is 32.2. The van der Waals surface area contributed by atoms with Crippen LogP contribution in [0.25, 0.3) is 0 Å². The Hall–Kier alpha value is 0.620. The molecule has 2 aliphatic rings. The summed E-state index contributed by atoms with van der Waals surface area (Å²) in [5, 5.41) is 1.51. The molecular weight excluding hydrogens is 272 g/mol. The van der Waals surface area contributed by atoms with Crippen LogP contribution in [0.2, 0.25) is 0 Å². The fourth-order valence-corrected chi connectivity index (χ4v) is 7.13. The van der Waals surface area contributed by atoms with E-state index in [9.17, 15) is 0 Å². The van der Waals surface area contributed by atoms with Crippen molar-refractivity contribution in [2.24, 2.45) is 17.7 Å². The zero-order valence-corrected chi connectivity index (χ0v) is 14.1. The first-order valence-corrected chi connectivity index (χ1v) is 10.1. The Morgan fingerprint density at radius 2 is 1.95 bits per heavy atom. The molecule has 0 amide bonds. The molecule has 1 saturated heterocycles. The van der Waals surface area contributed by atoms with Crippen molar-refractivity contribution in [2.45, 2.75) is 68.9 Å². The molecule has 2 rings (SSSR count). The van der Waals surface area contributed by atoms with E-state index in [0.29, 0.717) is 11.3 Å². The van der Waals surface area contributed by atoms with Crippen molar-refractivity contribution >= 4 is 23.5 Å². The highest BCUT2D eigenvalue weighted by Gasteiger charge is 2.37. The maximum absolute atomic E-state index is 5.97. The Balaban J connectivity index is 2.00. The van der Waals surface area contributed by atoms with E-state index in [1.807, 2.05) is 0 Å². The molecule has 0 aromatic carbocycles. The molecule has 19 heavy (non-hydrogen) atoms. The summed E-state index contributed by atoms with van der Waals surface area (Å²) in [5.74, 6) is 10.3. The molecule has 0 spiro atoms. The highest BCUT2D eigenvalue weighted by Crippen LogP contribution is 2.41. The minimum Gasteiger partial charge on any atom is -0.271 e. The molecule has 5 unspecified atom stereocenters. The van der Waals surface area contributed by atoms with E-state index in [1.54, 1.807) is 0 Å². The van der Waals surface area contributed by atoms with Crippen molar-refractivity contribution in [3.8, 4) is 0 Å². The molecule has 1 saturated carbocycles. The van der Waals surface area contributed by atoms with E-state index in [2.05, 4.69) is 42.8 Å². The van der Waals surface area contributed by atoms with Gasteiger partial charge in [0.05, 0.1) is 0 Å². The van der Waals surface area contributed by atoms with Gasteiger partial charge in [0, 0.05) is 28.0 Å². The molecule has 4 heteroatoms. The monoisotopic (exact) mass is 302 g/mol. The second kappa shape index (κ2) is 8.16. The minimum atomic E-state index is 0.525. The van der Waals surface area contributed by atoms with E-state index < -0.39 is 0 Å². The summed E-state index contributed by atoms with van der Waals surface area (Å²) in [4.78, 5) is 0. The predicted octanol–water partition coefficient (Wildman–Crippen LogP) is 3.66. The maximum Gasteiger partial charge on any atom is 0.0368 e. The van der Waals surface area contributed by atoms with Gasteiger partial charge < -0.3 is 0 Å². The van der Waals surface area contributed by atoms with E-state index in [0.717, 1.165) is 17.1 Å². The number of hydrogen-bond acceptors (Lipinski definition) is 4. The molecule has 0 bridgehead atoms.